The molecule has 1 fully saturated rings. The molecule has 0 saturated carbocycles. The van der Waals surface area contributed by atoms with Crippen molar-refractivity contribution in [1.82, 2.24) is 24.3 Å². The van der Waals surface area contributed by atoms with Gasteiger partial charge < -0.3 is 4.90 Å². The summed E-state index contributed by atoms with van der Waals surface area (Å²) in [5.41, 5.74) is 2.78. The van der Waals surface area contributed by atoms with Gasteiger partial charge in [-0.25, -0.2) is 4.52 Å². The molecule has 126 valence electrons. The Morgan fingerprint density at radius 2 is 2.20 bits per heavy atom. The van der Waals surface area contributed by atoms with E-state index in [0.29, 0.717) is 23.2 Å². The number of carbonyl (C=O) groups is 1. The minimum absolute atomic E-state index is 0.0315. The van der Waals surface area contributed by atoms with Gasteiger partial charge in [0.2, 0.25) is 0 Å². The van der Waals surface area contributed by atoms with E-state index in [2.05, 4.69) is 16.3 Å². The van der Waals surface area contributed by atoms with Crippen LogP contribution in [0.15, 0.2) is 36.9 Å². The molecule has 0 bridgehead atoms. The second kappa shape index (κ2) is 6.06. The highest BCUT2D eigenvalue weighted by Gasteiger charge is 2.31. The maximum atomic E-state index is 13.2. The topological polar surface area (TPSA) is 79.2 Å². The smallest absolute Gasteiger partial charge is 0.258 e. The lowest BCUT2D eigenvalue weighted by molar-refractivity contribution is 0.0613. The van der Waals surface area contributed by atoms with E-state index in [-0.39, 0.29) is 11.9 Å². The number of carbonyl (C=O) groups excluding carboxylic acids is 1. The van der Waals surface area contributed by atoms with Crippen LogP contribution in [0.1, 0.15) is 46.8 Å². The lowest BCUT2D eigenvalue weighted by Gasteiger charge is -2.35. The van der Waals surface area contributed by atoms with Crippen molar-refractivity contribution in [3.63, 3.8) is 0 Å². The van der Waals surface area contributed by atoms with Gasteiger partial charge in [-0.1, -0.05) is 0 Å². The third kappa shape index (κ3) is 2.66. The Bertz CT molecular complexity index is 979. The molecule has 1 atom stereocenters. The lowest BCUT2D eigenvalue weighted by atomic mass is 9.96. The number of fused-ring (bicyclic) bond motifs is 1. The molecule has 1 unspecified atom stereocenters. The summed E-state index contributed by atoms with van der Waals surface area (Å²) in [5, 5.41) is 17.6. The summed E-state index contributed by atoms with van der Waals surface area (Å²) in [4.78, 5) is 15.1. The van der Waals surface area contributed by atoms with Gasteiger partial charge in [0.05, 0.1) is 41.1 Å². The number of nitriles is 1. The van der Waals surface area contributed by atoms with Gasteiger partial charge in [-0.05, 0) is 31.4 Å². The number of amides is 1. The highest BCUT2D eigenvalue weighted by molar-refractivity contribution is 6.01. The molecule has 7 heteroatoms. The third-order valence-corrected chi connectivity index (χ3v) is 4.75. The quantitative estimate of drug-likeness (QED) is 0.720. The van der Waals surface area contributed by atoms with Crippen LogP contribution in [0.2, 0.25) is 0 Å². The Morgan fingerprint density at radius 1 is 1.32 bits per heavy atom. The second-order valence-corrected chi connectivity index (χ2v) is 6.37. The number of likely N-dealkylation sites (tertiary alicyclic amines) is 1. The summed E-state index contributed by atoms with van der Waals surface area (Å²) in [7, 11) is 1.88. The van der Waals surface area contributed by atoms with Crippen molar-refractivity contribution in [2.45, 2.75) is 25.3 Å². The average molecular weight is 334 g/mol. The average Bonchev–Trinajstić information content (AvgIpc) is 3.26. The Labute approximate surface area is 145 Å². The summed E-state index contributed by atoms with van der Waals surface area (Å²) >= 11 is 0. The number of hydrogen-bond donors (Lipinski definition) is 0. The predicted molar refractivity (Wildman–Crippen MR) is 90.7 cm³/mol. The molecule has 4 heterocycles. The Morgan fingerprint density at radius 3 is 2.96 bits per heavy atom. The summed E-state index contributed by atoms with van der Waals surface area (Å²) in [6, 6.07) is 5.55. The molecule has 0 N–H and O–H groups in total. The molecule has 1 saturated heterocycles. The summed E-state index contributed by atoms with van der Waals surface area (Å²) in [6.07, 6.45) is 10.1. The van der Waals surface area contributed by atoms with E-state index in [0.717, 1.165) is 24.8 Å². The van der Waals surface area contributed by atoms with Crippen molar-refractivity contribution in [2.75, 3.05) is 6.54 Å². The van der Waals surface area contributed by atoms with Crippen molar-refractivity contribution in [2.24, 2.45) is 7.05 Å². The van der Waals surface area contributed by atoms with Gasteiger partial charge in [0.25, 0.3) is 5.91 Å². The fourth-order valence-corrected chi connectivity index (χ4v) is 3.50. The van der Waals surface area contributed by atoms with E-state index in [4.69, 9.17) is 5.26 Å². The molecule has 1 aliphatic rings. The highest BCUT2D eigenvalue weighted by atomic mass is 16.2. The number of aromatic nitrogens is 4. The van der Waals surface area contributed by atoms with Gasteiger partial charge in [-0.15, -0.1) is 0 Å². The first-order valence-electron chi connectivity index (χ1n) is 8.34. The monoisotopic (exact) mass is 334 g/mol. The zero-order chi connectivity index (χ0) is 17.4. The lowest BCUT2D eigenvalue weighted by Crippen LogP contribution is -2.38. The standard InChI is InChI=1S/C18H18N6O/c1-22-12-14(10-20-22)16-4-2-3-6-23(16)18(25)15-11-21-24-7-5-13(9-19)8-17(15)24/h5,7-8,10-12,16H,2-4,6H2,1H3. The van der Waals surface area contributed by atoms with Crippen LogP contribution in [-0.4, -0.2) is 36.7 Å². The Balaban J connectivity index is 1.72. The Hall–Kier alpha value is -3.14. The molecule has 25 heavy (non-hydrogen) atoms. The van der Waals surface area contributed by atoms with Gasteiger partial charge in [0.1, 0.15) is 0 Å². The van der Waals surface area contributed by atoms with Crippen molar-refractivity contribution in [1.29, 1.82) is 5.26 Å². The van der Waals surface area contributed by atoms with Crippen LogP contribution in [0, 0.1) is 11.3 Å². The molecule has 1 aliphatic heterocycles. The van der Waals surface area contributed by atoms with Crippen molar-refractivity contribution in [3.8, 4) is 6.07 Å². The van der Waals surface area contributed by atoms with Crippen LogP contribution in [0.3, 0.4) is 0 Å². The number of hydrogen-bond acceptors (Lipinski definition) is 4. The van der Waals surface area contributed by atoms with E-state index >= 15 is 0 Å². The zero-order valence-electron chi connectivity index (χ0n) is 14.0. The maximum absolute atomic E-state index is 13.2. The largest absolute Gasteiger partial charge is 0.331 e. The van der Waals surface area contributed by atoms with Crippen LogP contribution in [0.5, 0.6) is 0 Å². The van der Waals surface area contributed by atoms with Crippen LogP contribution in [0.25, 0.3) is 5.52 Å². The summed E-state index contributed by atoms with van der Waals surface area (Å²) < 4.78 is 3.40. The summed E-state index contributed by atoms with van der Waals surface area (Å²) in [5.74, 6) is -0.0429. The SMILES string of the molecule is Cn1cc(C2CCCCN2C(=O)c2cnn3ccc(C#N)cc23)cn1. The molecule has 3 aromatic heterocycles. The van der Waals surface area contributed by atoms with E-state index in [1.165, 1.54) is 0 Å². The van der Waals surface area contributed by atoms with Crippen LogP contribution < -0.4 is 0 Å². The molecule has 4 rings (SSSR count). The van der Waals surface area contributed by atoms with Gasteiger partial charge in [0, 0.05) is 31.5 Å². The molecule has 0 aliphatic carbocycles. The maximum Gasteiger partial charge on any atom is 0.258 e. The molecular weight excluding hydrogens is 316 g/mol. The van der Waals surface area contributed by atoms with Gasteiger partial charge >= 0.3 is 0 Å². The number of pyridine rings is 1. The van der Waals surface area contributed by atoms with Gasteiger partial charge in [0.15, 0.2) is 0 Å². The zero-order valence-corrected chi connectivity index (χ0v) is 14.0. The van der Waals surface area contributed by atoms with Crippen molar-refractivity contribution >= 4 is 11.4 Å². The third-order valence-electron chi connectivity index (χ3n) is 4.75. The number of piperidine rings is 1. The van der Waals surface area contributed by atoms with E-state index in [1.807, 2.05) is 24.3 Å². The van der Waals surface area contributed by atoms with E-state index in [1.54, 1.807) is 33.7 Å². The molecule has 0 spiro atoms. The first kappa shape index (κ1) is 15.4. The normalized spacial score (nSPS) is 17.6. The number of nitrogens with zero attached hydrogens (tertiary/aromatic N) is 6. The van der Waals surface area contributed by atoms with E-state index in [9.17, 15) is 4.79 Å². The highest BCUT2D eigenvalue weighted by Crippen LogP contribution is 2.32. The molecule has 0 radical (unpaired) electrons. The first-order chi connectivity index (χ1) is 12.2. The minimum Gasteiger partial charge on any atom is -0.331 e. The predicted octanol–water partition coefficient (Wildman–Crippen LogP) is 2.31. The molecule has 0 aromatic carbocycles. The second-order valence-electron chi connectivity index (χ2n) is 6.37. The molecule has 3 aromatic rings. The van der Waals surface area contributed by atoms with Gasteiger partial charge in [-0.2, -0.15) is 15.5 Å². The fraction of sp³-hybridized carbons (Fsp3) is 0.333. The van der Waals surface area contributed by atoms with Crippen LogP contribution in [-0.2, 0) is 7.05 Å². The molecule has 7 nitrogen and oxygen atoms in total. The molecule has 1 amide bonds. The fourth-order valence-electron chi connectivity index (χ4n) is 3.50. The van der Waals surface area contributed by atoms with Crippen LogP contribution >= 0.6 is 0 Å². The van der Waals surface area contributed by atoms with Gasteiger partial charge in [-0.3, -0.25) is 9.48 Å². The summed E-state index contributed by atoms with van der Waals surface area (Å²) in [6.45, 7) is 0.716. The number of aryl methyl sites for hydroxylation is 1. The van der Waals surface area contributed by atoms with Crippen molar-refractivity contribution < 1.29 is 4.79 Å². The Kier molecular flexibility index (Phi) is 3.73. The molecular formula is C18H18N6O. The van der Waals surface area contributed by atoms with E-state index < -0.39 is 0 Å². The number of rotatable bonds is 2. The van der Waals surface area contributed by atoms with Crippen LogP contribution in [0.4, 0.5) is 0 Å². The van der Waals surface area contributed by atoms with Crippen molar-refractivity contribution in [3.05, 3.63) is 53.6 Å². The first-order valence-corrected chi connectivity index (χ1v) is 8.34. The minimum atomic E-state index is -0.0429.